The molecule has 5 nitrogen and oxygen atoms in total. The average Bonchev–Trinajstić information content (AvgIpc) is 2.73. The smallest absolute Gasteiger partial charge is 0.243 e. The van der Waals surface area contributed by atoms with E-state index in [-0.39, 0.29) is 23.8 Å². The van der Waals surface area contributed by atoms with Gasteiger partial charge in [0.25, 0.3) is 0 Å². The largest absolute Gasteiger partial charge is 0.369 e. The minimum Gasteiger partial charge on any atom is -0.369 e. The van der Waals surface area contributed by atoms with E-state index in [0.717, 1.165) is 38.5 Å². The van der Waals surface area contributed by atoms with Gasteiger partial charge in [0.1, 0.15) is 5.41 Å². The number of rotatable bonds is 2. The van der Waals surface area contributed by atoms with Crippen LogP contribution in [0, 0.1) is 22.7 Å². The first-order valence-corrected chi connectivity index (χ1v) is 8.02. The van der Waals surface area contributed by atoms with Gasteiger partial charge in [0.2, 0.25) is 11.8 Å². The Morgan fingerprint density at radius 2 is 1.81 bits per heavy atom. The van der Waals surface area contributed by atoms with Crippen molar-refractivity contribution in [3.63, 3.8) is 0 Å². The van der Waals surface area contributed by atoms with Crippen LogP contribution < -0.4 is 5.73 Å². The quantitative estimate of drug-likeness (QED) is 0.789. The number of primary amides is 1. The molecular formula is C16H25N3O2. The molecule has 0 spiro atoms. The van der Waals surface area contributed by atoms with E-state index in [9.17, 15) is 14.9 Å². The van der Waals surface area contributed by atoms with E-state index in [1.54, 1.807) is 4.90 Å². The van der Waals surface area contributed by atoms with Gasteiger partial charge in [-0.25, -0.2) is 0 Å². The molecule has 1 saturated heterocycles. The molecule has 2 aliphatic rings. The molecular weight excluding hydrogens is 266 g/mol. The Morgan fingerprint density at radius 3 is 2.33 bits per heavy atom. The lowest BCUT2D eigenvalue weighted by Gasteiger charge is -2.41. The van der Waals surface area contributed by atoms with E-state index in [4.69, 9.17) is 5.73 Å². The minimum atomic E-state index is -0.885. The highest BCUT2D eigenvalue weighted by atomic mass is 16.2. The first kappa shape index (κ1) is 15.8. The molecule has 2 atom stereocenters. The Bertz CT molecular complexity index is 447. The van der Waals surface area contributed by atoms with Crippen molar-refractivity contribution in [2.45, 2.75) is 64.3 Å². The maximum absolute atomic E-state index is 13.0. The van der Waals surface area contributed by atoms with E-state index in [0.29, 0.717) is 19.4 Å². The van der Waals surface area contributed by atoms with Crippen LogP contribution in [-0.2, 0) is 9.59 Å². The first-order chi connectivity index (χ1) is 10.00. The molecule has 0 bridgehead atoms. The van der Waals surface area contributed by atoms with Crippen molar-refractivity contribution in [1.29, 1.82) is 5.26 Å². The number of likely N-dealkylation sites (tertiary alicyclic amines) is 1. The van der Waals surface area contributed by atoms with Crippen LogP contribution in [0.1, 0.15) is 58.3 Å². The molecule has 2 N–H and O–H groups in total. The molecule has 1 saturated carbocycles. The number of carbonyl (C=O) groups excluding carboxylic acids is 2. The minimum absolute atomic E-state index is 0.0784. The molecule has 2 fully saturated rings. The van der Waals surface area contributed by atoms with Crippen LogP contribution in [0.2, 0.25) is 0 Å². The summed E-state index contributed by atoms with van der Waals surface area (Å²) in [6, 6.07) is 2.40. The van der Waals surface area contributed by atoms with Gasteiger partial charge in [-0.2, -0.15) is 5.26 Å². The molecule has 1 heterocycles. The second kappa shape index (κ2) is 6.46. The van der Waals surface area contributed by atoms with Crippen molar-refractivity contribution in [2.75, 3.05) is 6.54 Å². The van der Waals surface area contributed by atoms with Gasteiger partial charge in [0.05, 0.1) is 12.0 Å². The summed E-state index contributed by atoms with van der Waals surface area (Å²) in [4.78, 5) is 26.2. The van der Waals surface area contributed by atoms with E-state index in [1.165, 1.54) is 0 Å². The third kappa shape index (κ3) is 3.20. The van der Waals surface area contributed by atoms with E-state index in [1.807, 2.05) is 6.92 Å². The molecule has 5 heteroatoms. The normalized spacial score (nSPS) is 29.2. The van der Waals surface area contributed by atoms with E-state index < -0.39 is 5.41 Å². The van der Waals surface area contributed by atoms with Gasteiger partial charge in [0, 0.05) is 12.6 Å². The Labute approximate surface area is 126 Å². The van der Waals surface area contributed by atoms with Crippen LogP contribution >= 0.6 is 0 Å². The van der Waals surface area contributed by atoms with Crippen molar-refractivity contribution in [3.8, 4) is 6.07 Å². The van der Waals surface area contributed by atoms with Gasteiger partial charge in [0.15, 0.2) is 0 Å². The monoisotopic (exact) mass is 291 g/mol. The van der Waals surface area contributed by atoms with Gasteiger partial charge in [-0.3, -0.25) is 9.59 Å². The Hall–Kier alpha value is -1.57. The van der Waals surface area contributed by atoms with Gasteiger partial charge in [-0.05, 0) is 32.6 Å². The molecule has 1 aliphatic heterocycles. The number of amides is 2. The standard InChI is InChI=1S/C16H25N3O2/c1-12-6-7-13(14(18)20)10-19(12)15(21)16(11-17)8-4-2-3-5-9-16/h12-13H,2-10H2,1H3,(H2,18,20). The Balaban J connectivity index is 2.19. The van der Waals surface area contributed by atoms with Crippen LogP contribution in [0.15, 0.2) is 0 Å². The molecule has 2 amide bonds. The van der Waals surface area contributed by atoms with Crippen molar-refractivity contribution in [2.24, 2.45) is 17.1 Å². The first-order valence-electron chi connectivity index (χ1n) is 8.02. The molecule has 1 aliphatic carbocycles. The van der Waals surface area contributed by atoms with Crippen molar-refractivity contribution < 1.29 is 9.59 Å². The number of piperidine rings is 1. The summed E-state index contributed by atoms with van der Waals surface area (Å²) in [5.41, 5.74) is 4.52. The molecule has 0 aromatic heterocycles. The second-order valence-corrected chi connectivity index (χ2v) is 6.59. The lowest BCUT2D eigenvalue weighted by atomic mass is 9.79. The third-order valence-corrected chi connectivity index (χ3v) is 5.13. The predicted molar refractivity (Wildman–Crippen MR) is 78.8 cm³/mol. The number of hydrogen-bond donors (Lipinski definition) is 1. The van der Waals surface area contributed by atoms with Crippen LogP contribution in [0.5, 0.6) is 0 Å². The molecule has 0 radical (unpaired) electrons. The zero-order valence-corrected chi connectivity index (χ0v) is 12.8. The summed E-state index contributed by atoms with van der Waals surface area (Å²) in [5, 5.41) is 9.64. The van der Waals surface area contributed by atoms with E-state index >= 15 is 0 Å². The van der Waals surface area contributed by atoms with Crippen molar-refractivity contribution >= 4 is 11.8 Å². The number of nitrogens with two attached hydrogens (primary N) is 1. The van der Waals surface area contributed by atoms with E-state index in [2.05, 4.69) is 6.07 Å². The molecule has 0 aromatic carbocycles. The summed E-state index contributed by atoms with van der Waals surface area (Å²) >= 11 is 0. The predicted octanol–water partition coefficient (Wildman–Crippen LogP) is 1.96. The zero-order chi connectivity index (χ0) is 15.5. The van der Waals surface area contributed by atoms with Crippen LogP contribution in [0.4, 0.5) is 0 Å². The highest BCUT2D eigenvalue weighted by Gasteiger charge is 2.44. The van der Waals surface area contributed by atoms with Crippen LogP contribution in [0.25, 0.3) is 0 Å². The molecule has 2 rings (SSSR count). The van der Waals surface area contributed by atoms with Gasteiger partial charge >= 0.3 is 0 Å². The number of hydrogen-bond acceptors (Lipinski definition) is 3. The fraction of sp³-hybridized carbons (Fsp3) is 0.812. The van der Waals surface area contributed by atoms with Crippen molar-refractivity contribution in [1.82, 2.24) is 4.90 Å². The molecule has 2 unspecified atom stereocenters. The van der Waals surface area contributed by atoms with Crippen molar-refractivity contribution in [3.05, 3.63) is 0 Å². The fourth-order valence-electron chi connectivity index (χ4n) is 3.60. The maximum Gasteiger partial charge on any atom is 0.243 e. The van der Waals surface area contributed by atoms with Gasteiger partial charge in [-0.15, -0.1) is 0 Å². The number of nitriles is 1. The SMILES string of the molecule is CC1CCC(C(N)=O)CN1C(=O)C1(C#N)CCCCCC1. The van der Waals surface area contributed by atoms with Crippen LogP contribution in [0.3, 0.4) is 0 Å². The lowest BCUT2D eigenvalue weighted by Crippen LogP contribution is -2.53. The highest BCUT2D eigenvalue weighted by Crippen LogP contribution is 2.38. The summed E-state index contributed by atoms with van der Waals surface area (Å²) in [5.74, 6) is -0.691. The number of nitrogens with zero attached hydrogens (tertiary/aromatic N) is 2. The summed E-state index contributed by atoms with van der Waals surface area (Å²) in [6.45, 7) is 2.37. The molecule has 116 valence electrons. The maximum atomic E-state index is 13.0. The third-order valence-electron chi connectivity index (χ3n) is 5.13. The topological polar surface area (TPSA) is 87.2 Å². The van der Waals surface area contributed by atoms with Gasteiger partial charge in [-0.1, -0.05) is 25.7 Å². The lowest BCUT2D eigenvalue weighted by molar-refractivity contribution is -0.145. The summed E-state index contributed by atoms with van der Waals surface area (Å²) in [6.07, 6.45) is 6.86. The second-order valence-electron chi connectivity index (χ2n) is 6.59. The highest BCUT2D eigenvalue weighted by molar-refractivity contribution is 5.87. The zero-order valence-electron chi connectivity index (χ0n) is 12.8. The average molecular weight is 291 g/mol. The molecule has 0 aromatic rings. The number of carbonyl (C=O) groups is 2. The van der Waals surface area contributed by atoms with Crippen LogP contribution in [-0.4, -0.2) is 29.3 Å². The summed E-state index contributed by atoms with van der Waals surface area (Å²) < 4.78 is 0. The van der Waals surface area contributed by atoms with Gasteiger partial charge < -0.3 is 10.6 Å². The molecule has 21 heavy (non-hydrogen) atoms. The Morgan fingerprint density at radius 1 is 1.19 bits per heavy atom. The summed E-state index contributed by atoms with van der Waals surface area (Å²) in [7, 11) is 0. The Kier molecular flexibility index (Phi) is 4.87. The fourth-order valence-corrected chi connectivity index (χ4v) is 3.60.